The van der Waals surface area contributed by atoms with Crippen LogP contribution in [0.5, 0.6) is 0 Å². The summed E-state index contributed by atoms with van der Waals surface area (Å²) in [5, 5.41) is 10.4. The van der Waals surface area contributed by atoms with Gasteiger partial charge in [-0.1, -0.05) is 6.92 Å². The molecule has 0 aliphatic carbocycles. The van der Waals surface area contributed by atoms with Crippen molar-refractivity contribution in [3.05, 3.63) is 0 Å². The lowest BCUT2D eigenvalue weighted by Crippen LogP contribution is -2.56. The Morgan fingerprint density at radius 2 is 0.972 bits per heavy atom. The Kier molecular flexibility index (Phi) is 37.8. The number of nitrogens with zero attached hydrogens (tertiary/aromatic N) is 2. The Balaban J connectivity index is 1.38. The van der Waals surface area contributed by atoms with Gasteiger partial charge in [-0.25, -0.2) is 0 Å². The number of likely N-dealkylation sites (tertiary alicyclic amines) is 2. The number of carboxylic acid groups (broad SMARTS) is 1. The summed E-state index contributed by atoms with van der Waals surface area (Å²) in [4.78, 5) is 89.3. The monoisotopic (exact) mass is 1040 g/mol. The number of rotatable bonds is 50. The van der Waals surface area contributed by atoms with Crippen molar-refractivity contribution in [3.63, 3.8) is 0 Å². The van der Waals surface area contributed by atoms with Crippen LogP contribution >= 0.6 is 11.8 Å². The molecular weight excluding hydrogens is 963 g/mol. The van der Waals surface area contributed by atoms with Crippen molar-refractivity contribution < 1.29 is 95.5 Å². The Morgan fingerprint density at radius 3 is 1.32 bits per heavy atom. The average Bonchev–Trinajstić information content (AvgIpc) is 3.76. The normalized spacial score (nSPS) is 16.9. The lowest BCUT2D eigenvalue weighted by molar-refractivity contribution is -0.147. The van der Waals surface area contributed by atoms with Crippen LogP contribution in [0.3, 0.4) is 0 Å². The second kappa shape index (κ2) is 42.1. The van der Waals surface area contributed by atoms with E-state index in [-0.39, 0.29) is 82.6 Å². The van der Waals surface area contributed by atoms with Gasteiger partial charge < -0.3 is 78.7 Å². The minimum Gasteiger partial charge on any atom is -0.481 e. The predicted octanol–water partition coefficient (Wildman–Crippen LogP) is -1.96. The van der Waals surface area contributed by atoms with Gasteiger partial charge in [0.1, 0.15) is 6.04 Å². The van der Waals surface area contributed by atoms with E-state index in [1.54, 1.807) is 6.92 Å². The molecule has 0 aromatic heterocycles. The second-order valence-electron chi connectivity index (χ2n) is 15.8. The van der Waals surface area contributed by atoms with Crippen LogP contribution in [-0.4, -0.2) is 257 Å². The third-order valence-electron chi connectivity index (χ3n) is 10.2. The molecule has 2 aliphatic rings. The molecule has 2 heterocycles. The average molecular weight is 1040 g/mol. The fourth-order valence-electron chi connectivity index (χ4n) is 6.51. The highest BCUT2D eigenvalue weighted by molar-refractivity contribution is 8.00. The number of thioether (sulfide) groups is 1. The molecule has 26 heteroatoms. The highest BCUT2D eigenvalue weighted by atomic mass is 32.2. The van der Waals surface area contributed by atoms with Crippen LogP contribution in [0.2, 0.25) is 0 Å². The molecule has 25 nitrogen and oxygen atoms in total. The Morgan fingerprint density at radius 1 is 0.577 bits per heavy atom. The van der Waals surface area contributed by atoms with E-state index < -0.39 is 52.8 Å². The number of ether oxygens (including phenoxy) is 12. The summed E-state index contributed by atoms with van der Waals surface area (Å²) < 4.78 is 65.4. The van der Waals surface area contributed by atoms with Crippen molar-refractivity contribution in [1.82, 2.24) is 15.1 Å². The number of aliphatic carboxylic acids is 1. The molecule has 410 valence electrons. The number of carbonyl (C=O) groups is 7. The minimum atomic E-state index is -1.30. The number of hydrogen-bond acceptors (Lipinski definition) is 22. The molecule has 6 N–H and O–H groups in total. The molecule has 0 spiro atoms. The molecule has 2 fully saturated rings. The summed E-state index contributed by atoms with van der Waals surface area (Å²) in [6.07, 6.45) is 0.238. The van der Waals surface area contributed by atoms with Crippen molar-refractivity contribution in [2.24, 2.45) is 17.4 Å². The molecule has 0 bridgehead atoms. The van der Waals surface area contributed by atoms with Gasteiger partial charge in [-0.05, 0) is 6.42 Å². The van der Waals surface area contributed by atoms with Crippen LogP contribution in [0.15, 0.2) is 0 Å². The minimum absolute atomic E-state index is 0.0206. The molecular formula is C45H79N5O20S. The first-order valence-electron chi connectivity index (χ1n) is 24.2. The van der Waals surface area contributed by atoms with Crippen LogP contribution in [0.4, 0.5) is 0 Å². The van der Waals surface area contributed by atoms with Gasteiger partial charge in [0.2, 0.25) is 29.5 Å². The van der Waals surface area contributed by atoms with Crippen LogP contribution in [0.1, 0.15) is 39.0 Å². The quantitative estimate of drug-likeness (QED) is 0.0380. The zero-order valence-electron chi connectivity index (χ0n) is 41.3. The molecule has 0 aromatic rings. The number of imide groups is 2. The number of amides is 5. The van der Waals surface area contributed by atoms with Crippen molar-refractivity contribution in [2.45, 2.75) is 56.4 Å². The van der Waals surface area contributed by atoms with Gasteiger partial charge in [-0.15, -0.1) is 11.8 Å². The summed E-state index contributed by atoms with van der Waals surface area (Å²) in [5.41, 5.74) is 11.4. The van der Waals surface area contributed by atoms with E-state index in [1.165, 1.54) is 0 Å². The maximum atomic E-state index is 13.4. The van der Waals surface area contributed by atoms with Crippen LogP contribution < -0.4 is 16.8 Å². The first kappa shape index (κ1) is 63.8. The molecule has 0 aromatic carbocycles. The molecule has 2 unspecified atom stereocenters. The van der Waals surface area contributed by atoms with Gasteiger partial charge in [-0.3, -0.25) is 43.4 Å². The molecule has 2 rings (SSSR count). The number of nitrogens with one attached hydrogen (secondary N) is 1. The number of carbonyl (C=O) groups excluding carboxylic acids is 6. The maximum absolute atomic E-state index is 13.4. The van der Waals surface area contributed by atoms with Crippen LogP contribution in [0.25, 0.3) is 0 Å². The Hall–Kier alpha value is -3.32. The summed E-state index contributed by atoms with van der Waals surface area (Å²) in [7, 11) is 0. The van der Waals surface area contributed by atoms with Crippen LogP contribution in [-0.2, 0) is 90.4 Å². The largest absolute Gasteiger partial charge is 0.481 e. The fraction of sp³-hybridized carbons (Fsp3) is 0.844. The SMILES string of the molecule is CC1CC(=O)N([C@@H](CN)C(=O)N[C@@H](CSC2CC(=O)N(CCN)C2=O)C(=O)CCCOCCOCCOCCOCCOCCOCCOCCOCCOCCOCCOCCOCCC(=O)O)C1=O. The van der Waals surface area contributed by atoms with E-state index in [0.29, 0.717) is 145 Å². The maximum Gasteiger partial charge on any atom is 0.305 e. The van der Waals surface area contributed by atoms with Gasteiger partial charge >= 0.3 is 5.97 Å². The summed E-state index contributed by atoms with van der Waals surface area (Å²) in [5.74, 6) is -4.41. The lowest BCUT2D eigenvalue weighted by atomic mass is 10.1. The van der Waals surface area contributed by atoms with Gasteiger partial charge in [0, 0.05) is 57.2 Å². The molecule has 5 amide bonds. The van der Waals surface area contributed by atoms with E-state index in [0.717, 1.165) is 21.6 Å². The number of hydrogen-bond donors (Lipinski definition) is 4. The van der Waals surface area contributed by atoms with E-state index in [9.17, 15) is 33.6 Å². The van der Waals surface area contributed by atoms with E-state index in [4.69, 9.17) is 73.4 Å². The standard InChI is InChI=1S/C45H79N5O20S/c1-35-31-41(53)50(44(35)57)37(33-47)43(56)48-36(34-71-39-32-40(52)49(6-5-46)45(39)58)38(51)3-2-7-59-9-11-61-13-15-63-17-19-65-21-23-67-25-27-69-29-30-70-28-26-68-24-22-66-20-18-64-16-14-62-12-10-60-8-4-42(54)55/h35-37,39H,2-34,46-47H2,1H3,(H,48,56)(H,54,55)/t35?,36-,37-,39?/m0/s1. The third kappa shape index (κ3) is 29.8. The van der Waals surface area contributed by atoms with Crippen molar-refractivity contribution in [3.8, 4) is 0 Å². The van der Waals surface area contributed by atoms with Crippen molar-refractivity contribution in [1.29, 1.82) is 0 Å². The molecule has 2 saturated heterocycles. The third-order valence-corrected chi connectivity index (χ3v) is 11.5. The lowest BCUT2D eigenvalue weighted by Gasteiger charge is -2.27. The molecule has 2 aliphatic heterocycles. The predicted molar refractivity (Wildman–Crippen MR) is 253 cm³/mol. The van der Waals surface area contributed by atoms with Crippen molar-refractivity contribution >= 4 is 53.1 Å². The first-order chi connectivity index (χ1) is 34.5. The summed E-state index contributed by atoms with van der Waals surface area (Å²) in [6, 6.07) is -2.38. The highest BCUT2D eigenvalue weighted by Gasteiger charge is 2.43. The number of Topliss-reactive ketones (excluding diaryl/α,β-unsaturated/α-hetero) is 1. The number of carboxylic acids is 1. The second-order valence-corrected chi connectivity index (χ2v) is 17.0. The Labute approximate surface area is 420 Å². The van der Waals surface area contributed by atoms with Gasteiger partial charge in [0.25, 0.3) is 0 Å². The fourth-order valence-corrected chi connectivity index (χ4v) is 7.73. The van der Waals surface area contributed by atoms with E-state index >= 15 is 0 Å². The van der Waals surface area contributed by atoms with Gasteiger partial charge in [-0.2, -0.15) is 0 Å². The van der Waals surface area contributed by atoms with Gasteiger partial charge in [0.05, 0.1) is 170 Å². The van der Waals surface area contributed by atoms with Crippen molar-refractivity contribution in [2.75, 3.05) is 184 Å². The topological polar surface area (TPSA) is 321 Å². The molecule has 4 atom stereocenters. The van der Waals surface area contributed by atoms with Crippen LogP contribution in [0, 0.1) is 5.92 Å². The Bertz CT molecular complexity index is 1510. The summed E-state index contributed by atoms with van der Waals surface area (Å²) >= 11 is 1.07. The highest BCUT2D eigenvalue weighted by Crippen LogP contribution is 2.26. The zero-order valence-corrected chi connectivity index (χ0v) is 42.1. The smallest absolute Gasteiger partial charge is 0.305 e. The first-order valence-corrected chi connectivity index (χ1v) is 25.3. The molecule has 71 heavy (non-hydrogen) atoms. The van der Waals surface area contributed by atoms with Gasteiger partial charge in [0.15, 0.2) is 5.78 Å². The summed E-state index contributed by atoms with van der Waals surface area (Å²) in [6.45, 7) is 10.8. The van der Waals surface area contributed by atoms with E-state index in [1.807, 2.05) is 0 Å². The number of ketones is 1. The molecule has 0 radical (unpaired) electrons. The zero-order chi connectivity index (χ0) is 51.7. The number of nitrogens with two attached hydrogens (primary N) is 2. The molecule has 0 saturated carbocycles. The van der Waals surface area contributed by atoms with E-state index in [2.05, 4.69) is 5.32 Å².